The van der Waals surface area contributed by atoms with Crippen LogP contribution in [0.5, 0.6) is 0 Å². The third-order valence-corrected chi connectivity index (χ3v) is 6.83. The van der Waals surface area contributed by atoms with Gasteiger partial charge in [0.25, 0.3) is 0 Å². The lowest BCUT2D eigenvalue weighted by molar-refractivity contribution is 0.347. The second-order valence-corrected chi connectivity index (χ2v) is 10.1. The summed E-state index contributed by atoms with van der Waals surface area (Å²) in [5, 5.41) is 0. The van der Waals surface area contributed by atoms with Crippen LogP contribution in [0.25, 0.3) is 5.57 Å². The Kier molecular flexibility index (Phi) is 7.27. The highest BCUT2D eigenvalue weighted by Gasteiger charge is 2.36. The van der Waals surface area contributed by atoms with Gasteiger partial charge in [-0.3, -0.25) is 0 Å². The van der Waals surface area contributed by atoms with Gasteiger partial charge in [0.05, 0.1) is 0 Å². The van der Waals surface area contributed by atoms with Crippen molar-refractivity contribution in [3.63, 3.8) is 0 Å². The Morgan fingerprint density at radius 1 is 1.03 bits per heavy atom. The SMILES string of the molecule is C=C(Cc1ccc(CCC)cc1)c1cc(C2CC2)c2c(c1)C(C)(C)CC(C)C2.CC. The highest BCUT2D eigenvalue weighted by molar-refractivity contribution is 5.69. The van der Waals surface area contributed by atoms with Crippen molar-refractivity contribution in [3.05, 3.63) is 76.4 Å². The summed E-state index contributed by atoms with van der Waals surface area (Å²) in [5.74, 6) is 1.59. The van der Waals surface area contributed by atoms with Crippen LogP contribution in [0.15, 0.2) is 43.0 Å². The topological polar surface area (TPSA) is 0 Å². The molecule has 0 radical (unpaired) electrons. The molecule has 2 aromatic rings. The molecule has 0 bridgehead atoms. The average molecular weight is 403 g/mol. The lowest BCUT2D eigenvalue weighted by Crippen LogP contribution is -2.29. The first-order chi connectivity index (χ1) is 14.4. The molecule has 0 heteroatoms. The van der Waals surface area contributed by atoms with Crippen LogP contribution in [0.3, 0.4) is 0 Å². The van der Waals surface area contributed by atoms with Gasteiger partial charge in [0, 0.05) is 0 Å². The van der Waals surface area contributed by atoms with Gasteiger partial charge in [-0.05, 0) is 94.7 Å². The molecule has 2 aliphatic carbocycles. The third-order valence-electron chi connectivity index (χ3n) is 6.83. The van der Waals surface area contributed by atoms with Crippen molar-refractivity contribution in [2.45, 2.75) is 97.8 Å². The van der Waals surface area contributed by atoms with Crippen LogP contribution in [-0.2, 0) is 24.7 Å². The predicted molar refractivity (Wildman–Crippen MR) is 133 cm³/mol. The van der Waals surface area contributed by atoms with Crippen molar-refractivity contribution >= 4 is 5.57 Å². The van der Waals surface area contributed by atoms with Crippen LogP contribution in [0.1, 0.15) is 107 Å². The van der Waals surface area contributed by atoms with Gasteiger partial charge in [0.15, 0.2) is 0 Å². The van der Waals surface area contributed by atoms with E-state index >= 15 is 0 Å². The third kappa shape index (κ3) is 5.08. The molecule has 0 aromatic heterocycles. The van der Waals surface area contributed by atoms with Crippen molar-refractivity contribution in [2.24, 2.45) is 5.92 Å². The van der Waals surface area contributed by atoms with E-state index < -0.39 is 0 Å². The molecule has 2 aliphatic rings. The van der Waals surface area contributed by atoms with E-state index in [-0.39, 0.29) is 5.41 Å². The summed E-state index contributed by atoms with van der Waals surface area (Å²) in [4.78, 5) is 0. The Bertz CT molecular complexity index is 862. The number of benzene rings is 2. The molecule has 0 spiro atoms. The summed E-state index contributed by atoms with van der Waals surface area (Å²) in [6.07, 6.45) is 8.62. The van der Waals surface area contributed by atoms with E-state index in [1.807, 2.05) is 13.8 Å². The van der Waals surface area contributed by atoms with Gasteiger partial charge in [0.1, 0.15) is 0 Å². The van der Waals surface area contributed by atoms with Gasteiger partial charge >= 0.3 is 0 Å². The quantitative estimate of drug-likeness (QED) is 0.453. The molecule has 2 aromatic carbocycles. The summed E-state index contributed by atoms with van der Waals surface area (Å²) < 4.78 is 0. The number of allylic oxidation sites excluding steroid dienone is 1. The van der Waals surface area contributed by atoms with E-state index in [1.54, 1.807) is 16.7 Å². The number of fused-ring (bicyclic) bond motifs is 1. The molecule has 4 rings (SSSR count). The maximum Gasteiger partial charge on any atom is -0.00257 e. The molecule has 0 amide bonds. The van der Waals surface area contributed by atoms with Gasteiger partial charge in [-0.25, -0.2) is 0 Å². The molecule has 0 aliphatic heterocycles. The zero-order valence-electron chi connectivity index (χ0n) is 20.3. The standard InChI is InChI=1S/C28H36.C2H6/c1-6-7-21-8-10-22(11-9-21)15-20(3)24-16-25(23-12-13-23)26-14-19(2)18-28(4,5)27(26)17-24;1-2/h8-11,16-17,19,23H,3,6-7,12-15,18H2,1-2,4-5H3;1-2H3. The lowest BCUT2D eigenvalue weighted by atomic mass is 9.67. The van der Waals surface area contributed by atoms with E-state index in [0.29, 0.717) is 0 Å². The lowest BCUT2D eigenvalue weighted by Gasteiger charge is -2.38. The Hall–Kier alpha value is -1.82. The van der Waals surface area contributed by atoms with Gasteiger partial charge in [-0.15, -0.1) is 0 Å². The van der Waals surface area contributed by atoms with E-state index in [1.165, 1.54) is 60.8 Å². The summed E-state index contributed by atoms with van der Waals surface area (Å²) >= 11 is 0. The van der Waals surface area contributed by atoms with Crippen molar-refractivity contribution in [1.82, 2.24) is 0 Å². The van der Waals surface area contributed by atoms with Crippen LogP contribution in [0.4, 0.5) is 0 Å². The monoisotopic (exact) mass is 402 g/mol. The van der Waals surface area contributed by atoms with Crippen molar-refractivity contribution in [1.29, 1.82) is 0 Å². The van der Waals surface area contributed by atoms with Crippen LogP contribution in [-0.4, -0.2) is 0 Å². The molecule has 0 nitrogen and oxygen atoms in total. The zero-order chi connectivity index (χ0) is 21.9. The fraction of sp³-hybridized carbons (Fsp3) is 0.533. The maximum absolute atomic E-state index is 4.51. The van der Waals surface area contributed by atoms with Crippen molar-refractivity contribution in [2.75, 3.05) is 0 Å². The van der Waals surface area contributed by atoms with Crippen LogP contribution < -0.4 is 0 Å². The fourth-order valence-electron chi connectivity index (χ4n) is 5.35. The summed E-state index contributed by atoms with van der Waals surface area (Å²) in [5.41, 5.74) is 10.7. The van der Waals surface area contributed by atoms with Crippen LogP contribution >= 0.6 is 0 Å². The van der Waals surface area contributed by atoms with E-state index in [4.69, 9.17) is 0 Å². The van der Waals surface area contributed by atoms with Crippen LogP contribution in [0, 0.1) is 5.92 Å². The first-order valence-corrected chi connectivity index (χ1v) is 12.3. The molecule has 1 saturated carbocycles. The Labute approximate surface area is 185 Å². The number of aryl methyl sites for hydroxylation is 1. The molecule has 0 heterocycles. The van der Waals surface area contributed by atoms with Gasteiger partial charge in [0.2, 0.25) is 0 Å². The average Bonchev–Trinajstić information content (AvgIpc) is 3.55. The van der Waals surface area contributed by atoms with Crippen molar-refractivity contribution in [3.8, 4) is 0 Å². The number of hydrogen-bond donors (Lipinski definition) is 0. The normalized spacial score (nSPS) is 19.5. The van der Waals surface area contributed by atoms with E-state index in [0.717, 1.165) is 18.3 Å². The summed E-state index contributed by atoms with van der Waals surface area (Å²) in [6.45, 7) is 18.1. The van der Waals surface area contributed by atoms with E-state index in [9.17, 15) is 0 Å². The second-order valence-electron chi connectivity index (χ2n) is 10.1. The van der Waals surface area contributed by atoms with Crippen molar-refractivity contribution < 1.29 is 0 Å². The fourth-order valence-corrected chi connectivity index (χ4v) is 5.35. The largest absolute Gasteiger partial charge is 0.0949 e. The second kappa shape index (κ2) is 9.54. The first-order valence-electron chi connectivity index (χ1n) is 12.3. The highest BCUT2D eigenvalue weighted by atomic mass is 14.4. The minimum atomic E-state index is 0.273. The molecule has 0 N–H and O–H groups in total. The molecule has 1 fully saturated rings. The van der Waals surface area contributed by atoms with E-state index in [2.05, 4.69) is 70.7 Å². The summed E-state index contributed by atoms with van der Waals surface area (Å²) in [6, 6.07) is 14.2. The molecule has 0 saturated heterocycles. The molecule has 162 valence electrons. The number of rotatable bonds is 6. The molecule has 30 heavy (non-hydrogen) atoms. The highest BCUT2D eigenvalue weighted by Crippen LogP contribution is 2.49. The maximum atomic E-state index is 4.51. The molecule has 1 atom stereocenters. The smallest absolute Gasteiger partial charge is 0.00257 e. The Morgan fingerprint density at radius 2 is 1.67 bits per heavy atom. The molecule has 1 unspecified atom stereocenters. The minimum absolute atomic E-state index is 0.273. The molecular weight excluding hydrogens is 360 g/mol. The first kappa shape index (κ1) is 22.9. The Balaban J connectivity index is 0.00000124. The van der Waals surface area contributed by atoms with Gasteiger partial charge in [-0.1, -0.05) is 90.9 Å². The van der Waals surface area contributed by atoms with Gasteiger partial charge in [-0.2, -0.15) is 0 Å². The molecular formula is C30H42. The van der Waals surface area contributed by atoms with Gasteiger partial charge < -0.3 is 0 Å². The Morgan fingerprint density at radius 3 is 2.27 bits per heavy atom. The zero-order valence-corrected chi connectivity index (χ0v) is 20.3. The van der Waals surface area contributed by atoms with Crippen LogP contribution in [0.2, 0.25) is 0 Å². The minimum Gasteiger partial charge on any atom is -0.0949 e. The number of hydrogen-bond acceptors (Lipinski definition) is 0. The summed E-state index contributed by atoms with van der Waals surface area (Å²) in [7, 11) is 0. The predicted octanol–water partition coefficient (Wildman–Crippen LogP) is 8.66.